The molecule has 2 amide bonds. The van der Waals surface area contributed by atoms with Crippen molar-refractivity contribution in [1.29, 1.82) is 0 Å². The molecule has 1 aliphatic heterocycles. The molecule has 0 bridgehead atoms. The minimum absolute atomic E-state index is 0.0532. The van der Waals surface area contributed by atoms with Crippen LogP contribution in [0.3, 0.4) is 0 Å². The van der Waals surface area contributed by atoms with E-state index in [1.807, 2.05) is 5.32 Å². The van der Waals surface area contributed by atoms with E-state index in [9.17, 15) is 22.4 Å². The zero-order valence-corrected chi connectivity index (χ0v) is 21.7. The third-order valence-corrected chi connectivity index (χ3v) is 5.83. The average molecular weight is 592 g/mol. The number of hydrogen-bond donors (Lipinski definition) is 2. The maximum atomic E-state index is 15.0. The van der Waals surface area contributed by atoms with Gasteiger partial charge >= 0.3 is 12.2 Å². The van der Waals surface area contributed by atoms with Crippen molar-refractivity contribution in [3.8, 4) is 28.9 Å². The molecule has 10 nitrogen and oxygen atoms in total. The molecule has 1 aromatic heterocycles. The van der Waals surface area contributed by atoms with Crippen LogP contribution in [-0.2, 0) is 10.9 Å². The van der Waals surface area contributed by atoms with Crippen LogP contribution in [0, 0.1) is 11.6 Å². The Hall–Kier alpha value is -4.92. The SMILES string of the molecule is COCCOc1cc2ncnc(Oc3ccc(NC(=O)Nc4cc(C(F)(F)F)ccc4F)cc3F)c2c2c1OCCO2. The van der Waals surface area contributed by atoms with Gasteiger partial charge in [-0.05, 0) is 30.3 Å². The summed E-state index contributed by atoms with van der Waals surface area (Å²) in [5, 5.41) is 4.50. The third kappa shape index (κ3) is 6.20. The van der Waals surface area contributed by atoms with Crippen molar-refractivity contribution in [1.82, 2.24) is 9.97 Å². The summed E-state index contributed by atoms with van der Waals surface area (Å²) in [4.78, 5) is 20.6. The Morgan fingerprint density at radius 1 is 0.929 bits per heavy atom. The van der Waals surface area contributed by atoms with Crippen molar-refractivity contribution in [3.63, 3.8) is 0 Å². The smallest absolute Gasteiger partial charge is 0.416 e. The molecule has 0 aliphatic carbocycles. The van der Waals surface area contributed by atoms with Crippen LogP contribution in [-0.4, -0.2) is 49.5 Å². The molecule has 3 aromatic carbocycles. The fourth-order valence-electron chi connectivity index (χ4n) is 3.95. The number of hydrogen-bond acceptors (Lipinski definition) is 8. The van der Waals surface area contributed by atoms with Crippen molar-refractivity contribution < 1.29 is 50.4 Å². The Balaban J connectivity index is 1.35. The number of benzene rings is 3. The lowest BCUT2D eigenvalue weighted by Crippen LogP contribution is -2.20. The molecule has 220 valence electrons. The van der Waals surface area contributed by atoms with Gasteiger partial charge < -0.3 is 34.3 Å². The number of alkyl halides is 3. The normalized spacial score (nSPS) is 12.6. The largest absolute Gasteiger partial charge is 0.487 e. The molecule has 0 unspecified atom stereocenters. The van der Waals surface area contributed by atoms with Crippen LogP contribution in [0.25, 0.3) is 10.9 Å². The molecule has 2 heterocycles. The van der Waals surface area contributed by atoms with Crippen LogP contribution in [0.4, 0.5) is 38.1 Å². The van der Waals surface area contributed by atoms with Crippen LogP contribution in [0.15, 0.2) is 48.8 Å². The van der Waals surface area contributed by atoms with E-state index in [1.165, 1.54) is 25.6 Å². The van der Waals surface area contributed by atoms with Crippen molar-refractivity contribution in [2.45, 2.75) is 6.18 Å². The van der Waals surface area contributed by atoms with E-state index in [1.54, 1.807) is 6.07 Å². The summed E-state index contributed by atoms with van der Waals surface area (Å²) in [6, 6.07) is 5.41. The summed E-state index contributed by atoms with van der Waals surface area (Å²) in [6.45, 7) is 1.06. The number of anilines is 2. The Kier molecular flexibility index (Phi) is 8.10. The molecule has 5 rings (SSSR count). The number of nitrogens with zero attached hydrogens (tertiary/aromatic N) is 2. The zero-order valence-electron chi connectivity index (χ0n) is 21.7. The summed E-state index contributed by atoms with van der Waals surface area (Å²) in [7, 11) is 1.54. The first-order valence-corrected chi connectivity index (χ1v) is 12.2. The Morgan fingerprint density at radius 2 is 1.71 bits per heavy atom. The van der Waals surface area contributed by atoms with E-state index in [-0.39, 0.29) is 42.9 Å². The van der Waals surface area contributed by atoms with Gasteiger partial charge in [0.1, 0.15) is 37.4 Å². The molecule has 0 saturated carbocycles. The van der Waals surface area contributed by atoms with E-state index in [2.05, 4.69) is 15.3 Å². The number of amides is 2. The predicted molar refractivity (Wildman–Crippen MR) is 138 cm³/mol. The highest BCUT2D eigenvalue weighted by molar-refractivity contribution is 6.00. The summed E-state index contributed by atoms with van der Waals surface area (Å²) >= 11 is 0. The number of nitrogens with one attached hydrogen (secondary N) is 2. The monoisotopic (exact) mass is 592 g/mol. The highest BCUT2D eigenvalue weighted by Gasteiger charge is 2.31. The van der Waals surface area contributed by atoms with Gasteiger partial charge in [-0.1, -0.05) is 0 Å². The first-order valence-electron chi connectivity index (χ1n) is 12.2. The van der Waals surface area contributed by atoms with Gasteiger partial charge in [0.2, 0.25) is 11.6 Å². The van der Waals surface area contributed by atoms with Gasteiger partial charge in [-0.3, -0.25) is 0 Å². The predicted octanol–water partition coefficient (Wildman–Crippen LogP) is 6.16. The molecule has 0 fully saturated rings. The summed E-state index contributed by atoms with van der Waals surface area (Å²) in [5.41, 5.74) is -1.59. The molecule has 15 heteroatoms. The number of carbonyl (C=O) groups is 1. The quantitative estimate of drug-likeness (QED) is 0.185. The minimum atomic E-state index is -4.74. The number of rotatable bonds is 8. The van der Waals surface area contributed by atoms with E-state index in [0.29, 0.717) is 47.2 Å². The fourth-order valence-corrected chi connectivity index (χ4v) is 3.95. The average Bonchev–Trinajstić information content (AvgIpc) is 2.95. The standard InChI is InChI=1S/C27H21F5N4O6/c1-38-6-7-39-21-12-19-22(24-23(21)40-8-9-41-24)25(34-13-33-19)42-20-5-3-15(11-17(20)29)35-26(37)36-18-10-14(27(30,31)32)2-4-16(18)28/h2-5,10-13H,6-9H2,1H3,(H2,35,36,37). The fraction of sp³-hybridized carbons (Fsp3) is 0.222. The Labute approximate surface area is 234 Å². The van der Waals surface area contributed by atoms with Gasteiger partial charge in [-0.15, -0.1) is 0 Å². The lowest BCUT2D eigenvalue weighted by Gasteiger charge is -2.23. The number of methoxy groups -OCH3 is 1. The number of fused-ring (bicyclic) bond motifs is 3. The van der Waals surface area contributed by atoms with Crippen molar-refractivity contribution in [2.24, 2.45) is 0 Å². The summed E-state index contributed by atoms with van der Waals surface area (Å²) < 4.78 is 95.8. The van der Waals surface area contributed by atoms with Crippen LogP contribution < -0.4 is 29.6 Å². The number of ether oxygens (including phenoxy) is 5. The Bertz CT molecular complexity index is 1640. The first kappa shape index (κ1) is 28.6. The summed E-state index contributed by atoms with van der Waals surface area (Å²) in [6.07, 6.45) is -3.54. The second kappa shape index (κ2) is 11.9. The second-order valence-electron chi connectivity index (χ2n) is 8.66. The van der Waals surface area contributed by atoms with Gasteiger partial charge in [0.25, 0.3) is 0 Å². The van der Waals surface area contributed by atoms with E-state index in [0.717, 1.165) is 6.07 Å². The number of urea groups is 1. The highest BCUT2D eigenvalue weighted by Crippen LogP contribution is 2.48. The van der Waals surface area contributed by atoms with Crippen molar-refractivity contribution >= 4 is 28.3 Å². The molecular formula is C27H21F5N4O6. The molecule has 2 N–H and O–H groups in total. The van der Waals surface area contributed by atoms with Crippen LogP contribution >= 0.6 is 0 Å². The second-order valence-corrected chi connectivity index (χ2v) is 8.66. The topological polar surface area (TPSA) is 113 Å². The number of carbonyl (C=O) groups excluding carboxylic acids is 1. The molecule has 0 atom stereocenters. The zero-order chi connectivity index (χ0) is 29.9. The highest BCUT2D eigenvalue weighted by atomic mass is 19.4. The van der Waals surface area contributed by atoms with Crippen molar-refractivity contribution in [3.05, 3.63) is 66.0 Å². The van der Waals surface area contributed by atoms with E-state index >= 15 is 4.39 Å². The molecule has 0 spiro atoms. The van der Waals surface area contributed by atoms with Crippen LogP contribution in [0.1, 0.15) is 5.56 Å². The molecular weight excluding hydrogens is 571 g/mol. The molecule has 0 radical (unpaired) electrons. The van der Waals surface area contributed by atoms with Gasteiger partial charge in [-0.25, -0.2) is 23.5 Å². The van der Waals surface area contributed by atoms with Crippen LogP contribution in [0.2, 0.25) is 0 Å². The maximum Gasteiger partial charge on any atom is 0.416 e. The van der Waals surface area contributed by atoms with Gasteiger partial charge in [0, 0.05) is 24.9 Å². The molecule has 42 heavy (non-hydrogen) atoms. The molecule has 1 aliphatic rings. The van der Waals surface area contributed by atoms with Crippen molar-refractivity contribution in [2.75, 3.05) is 44.2 Å². The maximum absolute atomic E-state index is 15.0. The lowest BCUT2D eigenvalue weighted by molar-refractivity contribution is -0.137. The number of halogens is 5. The van der Waals surface area contributed by atoms with E-state index in [4.69, 9.17) is 23.7 Å². The van der Waals surface area contributed by atoms with Crippen LogP contribution in [0.5, 0.6) is 28.9 Å². The van der Waals surface area contributed by atoms with E-state index < -0.39 is 35.1 Å². The van der Waals surface area contributed by atoms with Gasteiger partial charge in [0.05, 0.1) is 23.4 Å². The molecule has 0 saturated heterocycles. The minimum Gasteiger partial charge on any atom is -0.487 e. The van der Waals surface area contributed by atoms with Gasteiger partial charge in [-0.2, -0.15) is 13.2 Å². The van der Waals surface area contributed by atoms with Gasteiger partial charge in [0.15, 0.2) is 23.1 Å². The summed E-state index contributed by atoms with van der Waals surface area (Å²) in [5.74, 6) is -1.43. The number of aromatic nitrogens is 2. The Morgan fingerprint density at radius 3 is 2.45 bits per heavy atom. The third-order valence-electron chi connectivity index (χ3n) is 5.83. The first-order chi connectivity index (χ1) is 20.1. The lowest BCUT2D eigenvalue weighted by atomic mass is 10.1. The molecule has 4 aromatic rings.